The van der Waals surface area contributed by atoms with Crippen molar-refractivity contribution in [1.82, 2.24) is 5.32 Å². The van der Waals surface area contributed by atoms with Crippen LogP contribution in [0.3, 0.4) is 0 Å². The summed E-state index contributed by atoms with van der Waals surface area (Å²) in [4.78, 5) is 0. The Morgan fingerprint density at radius 1 is 1.50 bits per heavy atom. The highest BCUT2D eigenvalue weighted by molar-refractivity contribution is 7.80. The number of anilines is 1. The van der Waals surface area contributed by atoms with Gasteiger partial charge in [0.15, 0.2) is 5.11 Å². The molecule has 0 spiro atoms. The van der Waals surface area contributed by atoms with E-state index in [2.05, 4.69) is 24.5 Å². The van der Waals surface area contributed by atoms with Gasteiger partial charge in [0, 0.05) is 12.2 Å². The largest absolute Gasteiger partial charge is 0.362 e. The topological polar surface area (TPSA) is 24.1 Å². The molecule has 0 radical (unpaired) electrons. The van der Waals surface area contributed by atoms with Gasteiger partial charge in [0.2, 0.25) is 0 Å². The first-order valence-corrected chi connectivity index (χ1v) is 5.77. The van der Waals surface area contributed by atoms with E-state index in [0.717, 1.165) is 6.54 Å². The molecule has 0 aromatic heterocycles. The predicted octanol–water partition coefficient (Wildman–Crippen LogP) is 3.42. The maximum Gasteiger partial charge on any atom is 0.170 e. The van der Waals surface area contributed by atoms with Gasteiger partial charge >= 0.3 is 0 Å². The summed E-state index contributed by atoms with van der Waals surface area (Å²) in [6.45, 7) is 4.94. The van der Waals surface area contributed by atoms with Gasteiger partial charge in [-0.25, -0.2) is 4.39 Å². The lowest BCUT2D eigenvalue weighted by Crippen LogP contribution is -2.31. The summed E-state index contributed by atoms with van der Waals surface area (Å²) in [5.74, 6) is 0.0417. The van der Waals surface area contributed by atoms with Crippen LogP contribution >= 0.6 is 23.8 Å². The van der Waals surface area contributed by atoms with Gasteiger partial charge in [-0.1, -0.05) is 25.4 Å². The van der Waals surface area contributed by atoms with Gasteiger partial charge in [-0.2, -0.15) is 0 Å². The maximum atomic E-state index is 13.1. The Hall–Kier alpha value is -0.870. The molecular formula is C11H14ClFN2S. The predicted molar refractivity (Wildman–Crippen MR) is 70.5 cm³/mol. The van der Waals surface area contributed by atoms with Gasteiger partial charge in [0.25, 0.3) is 0 Å². The third kappa shape index (κ3) is 4.33. The lowest BCUT2D eigenvalue weighted by molar-refractivity contribution is 0.626. The van der Waals surface area contributed by atoms with E-state index in [-0.39, 0.29) is 5.02 Å². The van der Waals surface area contributed by atoms with E-state index in [1.165, 1.54) is 12.1 Å². The van der Waals surface area contributed by atoms with E-state index in [0.29, 0.717) is 16.7 Å². The van der Waals surface area contributed by atoms with Gasteiger partial charge in [0.05, 0.1) is 5.02 Å². The quantitative estimate of drug-likeness (QED) is 0.815. The van der Waals surface area contributed by atoms with Crippen molar-refractivity contribution >= 4 is 34.6 Å². The normalized spacial score (nSPS) is 10.3. The van der Waals surface area contributed by atoms with Crippen molar-refractivity contribution in [2.75, 3.05) is 11.9 Å². The van der Waals surface area contributed by atoms with Gasteiger partial charge in [-0.15, -0.1) is 0 Å². The molecule has 16 heavy (non-hydrogen) atoms. The summed E-state index contributed by atoms with van der Waals surface area (Å²) >= 11 is 10.6. The van der Waals surface area contributed by atoms with Crippen LogP contribution in [0.15, 0.2) is 18.2 Å². The van der Waals surface area contributed by atoms with Crippen LogP contribution in [-0.4, -0.2) is 11.7 Å². The zero-order valence-electron chi connectivity index (χ0n) is 9.18. The van der Waals surface area contributed by atoms with Crippen LogP contribution in [0.1, 0.15) is 13.8 Å². The number of hydrogen-bond donors (Lipinski definition) is 2. The number of nitrogens with one attached hydrogen (secondary N) is 2. The molecule has 0 aliphatic rings. The first kappa shape index (κ1) is 13.2. The molecular weight excluding hydrogens is 247 g/mol. The molecule has 0 saturated heterocycles. The standard InChI is InChI=1S/C11H14ClFN2S/c1-7(2)6-14-11(16)15-8-3-4-9(12)10(13)5-8/h3-5,7H,6H2,1-2H3,(H2,14,15,16). The smallest absolute Gasteiger partial charge is 0.170 e. The molecule has 5 heteroatoms. The van der Waals surface area contributed by atoms with Crippen LogP contribution in [0.5, 0.6) is 0 Å². The highest BCUT2D eigenvalue weighted by Crippen LogP contribution is 2.18. The minimum absolute atomic E-state index is 0.103. The molecule has 1 aromatic rings. The molecule has 1 aromatic carbocycles. The third-order valence-electron chi connectivity index (χ3n) is 1.85. The van der Waals surface area contributed by atoms with Crippen molar-refractivity contribution in [2.24, 2.45) is 5.92 Å². The van der Waals surface area contributed by atoms with Crippen LogP contribution < -0.4 is 10.6 Å². The number of thiocarbonyl (C=S) groups is 1. The van der Waals surface area contributed by atoms with E-state index in [1.807, 2.05) is 0 Å². The van der Waals surface area contributed by atoms with E-state index < -0.39 is 5.82 Å². The molecule has 0 saturated carbocycles. The SMILES string of the molecule is CC(C)CNC(=S)Nc1ccc(Cl)c(F)c1. The first-order chi connectivity index (χ1) is 7.49. The molecule has 2 N–H and O–H groups in total. The second-order valence-corrected chi connectivity index (χ2v) is 4.67. The molecule has 88 valence electrons. The van der Waals surface area contributed by atoms with Crippen molar-refractivity contribution < 1.29 is 4.39 Å². The van der Waals surface area contributed by atoms with Gasteiger partial charge in [0.1, 0.15) is 5.82 Å². The summed E-state index contributed by atoms with van der Waals surface area (Å²) in [7, 11) is 0. The summed E-state index contributed by atoms with van der Waals surface area (Å²) in [5.41, 5.74) is 0.586. The first-order valence-electron chi connectivity index (χ1n) is 4.99. The lowest BCUT2D eigenvalue weighted by Gasteiger charge is -2.12. The van der Waals surface area contributed by atoms with Gasteiger partial charge in [-0.3, -0.25) is 0 Å². The molecule has 1 rings (SSSR count). The maximum absolute atomic E-state index is 13.1. The molecule has 0 aliphatic heterocycles. The molecule has 0 bridgehead atoms. The summed E-state index contributed by atoms with van der Waals surface area (Å²) in [5, 5.41) is 6.50. The Kier molecular flexibility index (Phi) is 4.96. The van der Waals surface area contributed by atoms with Crippen LogP contribution in [0.4, 0.5) is 10.1 Å². The Bertz CT molecular complexity index is 382. The molecule has 0 amide bonds. The monoisotopic (exact) mass is 260 g/mol. The number of hydrogen-bond acceptors (Lipinski definition) is 1. The molecule has 0 fully saturated rings. The van der Waals surface area contributed by atoms with E-state index >= 15 is 0 Å². The summed E-state index contributed by atoms with van der Waals surface area (Å²) < 4.78 is 13.1. The van der Waals surface area contributed by atoms with Crippen LogP contribution in [0.25, 0.3) is 0 Å². The van der Waals surface area contributed by atoms with Crippen molar-refractivity contribution in [2.45, 2.75) is 13.8 Å². The molecule has 0 heterocycles. The highest BCUT2D eigenvalue weighted by Gasteiger charge is 2.02. The Labute approximate surface area is 105 Å². The molecule has 0 unspecified atom stereocenters. The van der Waals surface area contributed by atoms with E-state index in [4.69, 9.17) is 23.8 Å². The third-order valence-corrected chi connectivity index (χ3v) is 2.40. The number of benzene rings is 1. The number of rotatable bonds is 3. The average molecular weight is 261 g/mol. The van der Waals surface area contributed by atoms with Crippen molar-refractivity contribution in [3.05, 3.63) is 29.0 Å². The zero-order chi connectivity index (χ0) is 12.1. The van der Waals surface area contributed by atoms with E-state index in [1.54, 1.807) is 6.07 Å². The fourth-order valence-corrected chi connectivity index (χ4v) is 1.36. The Morgan fingerprint density at radius 2 is 2.19 bits per heavy atom. The zero-order valence-corrected chi connectivity index (χ0v) is 10.8. The van der Waals surface area contributed by atoms with Crippen LogP contribution in [0.2, 0.25) is 5.02 Å². The minimum atomic E-state index is -0.460. The Morgan fingerprint density at radius 3 is 2.75 bits per heavy atom. The Balaban J connectivity index is 2.53. The number of halogens is 2. The molecule has 0 atom stereocenters. The van der Waals surface area contributed by atoms with Gasteiger partial charge < -0.3 is 10.6 Å². The second kappa shape index (κ2) is 6.01. The highest BCUT2D eigenvalue weighted by atomic mass is 35.5. The lowest BCUT2D eigenvalue weighted by atomic mass is 10.2. The fourth-order valence-electron chi connectivity index (χ4n) is 1.05. The van der Waals surface area contributed by atoms with Crippen LogP contribution in [-0.2, 0) is 0 Å². The second-order valence-electron chi connectivity index (χ2n) is 3.86. The summed E-state index contributed by atoms with van der Waals surface area (Å²) in [6.07, 6.45) is 0. The van der Waals surface area contributed by atoms with E-state index in [9.17, 15) is 4.39 Å². The molecule has 2 nitrogen and oxygen atoms in total. The van der Waals surface area contributed by atoms with Crippen LogP contribution in [0, 0.1) is 11.7 Å². The van der Waals surface area contributed by atoms with Crippen molar-refractivity contribution in [3.8, 4) is 0 Å². The van der Waals surface area contributed by atoms with Crippen molar-refractivity contribution in [3.63, 3.8) is 0 Å². The van der Waals surface area contributed by atoms with Crippen molar-refractivity contribution in [1.29, 1.82) is 0 Å². The summed E-state index contributed by atoms with van der Waals surface area (Å²) in [6, 6.07) is 4.48. The van der Waals surface area contributed by atoms with Gasteiger partial charge in [-0.05, 0) is 36.3 Å². The minimum Gasteiger partial charge on any atom is -0.362 e. The average Bonchev–Trinajstić information content (AvgIpc) is 2.21. The fraction of sp³-hybridized carbons (Fsp3) is 0.364. The molecule has 0 aliphatic carbocycles.